The van der Waals surface area contributed by atoms with Gasteiger partial charge in [-0.05, 0) is 12.8 Å². The molecule has 7 N–H and O–H groups in total. The number of nitrogens with one attached hydrogen (secondary N) is 1. The van der Waals surface area contributed by atoms with Gasteiger partial charge in [-0.2, -0.15) is 8.42 Å². The number of hydrogen-bond acceptors (Lipinski definition) is 11. The molecule has 13 nitrogen and oxygen atoms in total. The predicted molar refractivity (Wildman–Crippen MR) is 279 cm³/mol. The molecule has 14 heteroatoms. The van der Waals surface area contributed by atoms with Gasteiger partial charge in [-0.15, -0.1) is 0 Å². The van der Waals surface area contributed by atoms with E-state index < -0.39 is 78.5 Å². The summed E-state index contributed by atoms with van der Waals surface area (Å²) in [5.41, 5.74) is 0. The van der Waals surface area contributed by atoms with Gasteiger partial charge in [0.2, 0.25) is 5.91 Å². The molecule has 1 fully saturated rings. The second kappa shape index (κ2) is 45.7. The molecule has 0 bridgehead atoms. The summed E-state index contributed by atoms with van der Waals surface area (Å²) in [5, 5.41) is 55.7. The van der Waals surface area contributed by atoms with Crippen LogP contribution >= 0.6 is 0 Å². The van der Waals surface area contributed by atoms with Crippen LogP contribution in [-0.4, -0.2) is 107 Å². The molecular weight excluding hydrogens is 899 g/mol. The van der Waals surface area contributed by atoms with Gasteiger partial charge in [0.1, 0.15) is 30.5 Å². The van der Waals surface area contributed by atoms with Crippen molar-refractivity contribution >= 4 is 16.3 Å². The Labute approximate surface area is 422 Å². The SMILES string of the molecule is CCCCCCCCCCCCCCCCCCCCCCC(O)C(=O)NC(COC1OC(CO)C(O)C(OS(=O)(=O)O)C1O)C(O)CCCCCCCCCCCCCCCCCCCCCC. The summed E-state index contributed by atoms with van der Waals surface area (Å²) in [7, 11) is -5.11. The first-order valence-electron chi connectivity index (χ1n) is 29.0. The number of carbonyl (C=O) groups is 1. The van der Waals surface area contributed by atoms with Crippen molar-refractivity contribution in [2.24, 2.45) is 0 Å². The highest BCUT2D eigenvalue weighted by Crippen LogP contribution is 2.26. The molecule has 1 aliphatic rings. The largest absolute Gasteiger partial charge is 0.397 e. The van der Waals surface area contributed by atoms with Gasteiger partial charge in [0, 0.05) is 0 Å². The van der Waals surface area contributed by atoms with E-state index in [1.165, 1.54) is 205 Å². The van der Waals surface area contributed by atoms with E-state index >= 15 is 0 Å². The van der Waals surface area contributed by atoms with Gasteiger partial charge in [-0.25, -0.2) is 4.18 Å². The Hall–Kier alpha value is -0.940. The monoisotopic (exact) mass is 1010 g/mol. The van der Waals surface area contributed by atoms with Crippen LogP contribution in [0.2, 0.25) is 0 Å². The fourth-order valence-electron chi connectivity index (χ4n) is 9.71. The van der Waals surface area contributed by atoms with Crippen LogP contribution in [0.15, 0.2) is 0 Å². The summed E-state index contributed by atoms with van der Waals surface area (Å²) >= 11 is 0. The molecule has 1 saturated heterocycles. The van der Waals surface area contributed by atoms with E-state index in [1.807, 2.05) is 0 Å². The third-order valence-electron chi connectivity index (χ3n) is 14.3. The lowest BCUT2D eigenvalue weighted by atomic mass is 9.99. The van der Waals surface area contributed by atoms with Crippen LogP contribution in [0.1, 0.15) is 284 Å². The van der Waals surface area contributed by atoms with E-state index in [4.69, 9.17) is 9.47 Å². The Bertz CT molecular complexity index is 1250. The van der Waals surface area contributed by atoms with E-state index in [1.54, 1.807) is 0 Å². The van der Waals surface area contributed by atoms with E-state index in [0.717, 1.165) is 38.5 Å². The zero-order chi connectivity index (χ0) is 50.6. The number of unbranched alkanes of at least 4 members (excludes halogenated alkanes) is 38. The maximum Gasteiger partial charge on any atom is 0.397 e. The first-order valence-corrected chi connectivity index (χ1v) is 30.4. The Morgan fingerprint density at radius 1 is 0.522 bits per heavy atom. The average Bonchev–Trinajstić information content (AvgIpc) is 3.32. The topological polar surface area (TPSA) is 212 Å². The number of hydrogen-bond donors (Lipinski definition) is 7. The summed E-state index contributed by atoms with van der Waals surface area (Å²) < 4.78 is 47.8. The second-order valence-corrected chi connectivity index (χ2v) is 21.8. The lowest BCUT2D eigenvalue weighted by Crippen LogP contribution is -2.61. The molecule has 8 atom stereocenters. The third kappa shape index (κ3) is 37.5. The number of amides is 1. The average molecular weight is 1010 g/mol. The molecule has 69 heavy (non-hydrogen) atoms. The van der Waals surface area contributed by atoms with Gasteiger partial charge >= 0.3 is 10.4 Å². The smallest absolute Gasteiger partial charge is 0.394 e. The summed E-state index contributed by atoms with van der Waals surface area (Å²) in [6, 6.07) is -1.03. The van der Waals surface area contributed by atoms with Gasteiger partial charge in [-0.1, -0.05) is 271 Å². The standard InChI is InChI=1S/C55H109NO12S/c1-3-5-7-9-11-13-15-17-19-21-23-25-27-29-31-33-35-37-39-41-43-48(58)47(46-66-55-52(61)53(68-69(63,64)65)51(60)50(45-57)67-55)56-54(62)49(59)44-42-40-38-36-34-32-30-28-26-24-22-20-18-16-14-12-10-8-6-4-2/h47-53,55,57-61H,3-46H2,1-2H3,(H,56,62)(H,63,64,65). The van der Waals surface area contributed by atoms with Gasteiger partial charge < -0.3 is 40.3 Å². The van der Waals surface area contributed by atoms with Crippen LogP contribution in [0.25, 0.3) is 0 Å². The van der Waals surface area contributed by atoms with Gasteiger partial charge in [0.05, 0.1) is 25.4 Å². The zero-order valence-electron chi connectivity index (χ0n) is 44.3. The second-order valence-electron chi connectivity index (χ2n) is 20.7. The minimum absolute atomic E-state index is 0.267. The molecular formula is C55H109NO12S. The minimum atomic E-state index is -5.11. The highest BCUT2D eigenvalue weighted by Gasteiger charge is 2.48. The Kier molecular flexibility index (Phi) is 43.7. The van der Waals surface area contributed by atoms with Crippen LogP contribution in [0.3, 0.4) is 0 Å². The zero-order valence-corrected chi connectivity index (χ0v) is 45.1. The predicted octanol–water partition coefficient (Wildman–Crippen LogP) is 12.3. The number of ether oxygens (including phenoxy) is 2. The van der Waals surface area contributed by atoms with E-state index in [9.17, 15) is 43.3 Å². The molecule has 1 rings (SSSR count). The summed E-state index contributed by atoms with van der Waals surface area (Å²) in [5.74, 6) is -0.662. The number of rotatable bonds is 51. The molecule has 8 unspecified atom stereocenters. The Morgan fingerprint density at radius 2 is 0.841 bits per heavy atom. The molecule has 0 aromatic rings. The van der Waals surface area contributed by atoms with Crippen molar-refractivity contribution < 1.29 is 57.0 Å². The molecule has 0 saturated carbocycles. The Morgan fingerprint density at radius 3 is 1.16 bits per heavy atom. The normalized spacial score (nSPS) is 20.0. The van der Waals surface area contributed by atoms with Gasteiger partial charge in [0.15, 0.2) is 6.29 Å². The quantitative estimate of drug-likeness (QED) is 0.0224. The summed E-state index contributed by atoms with van der Waals surface area (Å²) in [6.07, 6.45) is 39.9. The van der Waals surface area contributed by atoms with Crippen molar-refractivity contribution in [3.63, 3.8) is 0 Å². The van der Waals surface area contributed by atoms with Crippen LogP contribution in [0, 0.1) is 0 Å². The first kappa shape index (κ1) is 66.1. The van der Waals surface area contributed by atoms with Gasteiger partial charge in [-0.3, -0.25) is 9.35 Å². The highest BCUT2D eigenvalue weighted by atomic mass is 32.3. The van der Waals surface area contributed by atoms with E-state index in [2.05, 4.69) is 23.3 Å². The van der Waals surface area contributed by atoms with Gasteiger partial charge in [0.25, 0.3) is 0 Å². The first-order chi connectivity index (χ1) is 33.4. The maximum absolute atomic E-state index is 13.2. The molecule has 1 aliphatic heterocycles. The maximum atomic E-state index is 13.2. The van der Waals surface area contributed by atoms with Crippen molar-refractivity contribution in [1.82, 2.24) is 5.32 Å². The summed E-state index contributed by atoms with van der Waals surface area (Å²) in [4.78, 5) is 13.2. The fraction of sp³-hybridized carbons (Fsp3) is 0.982. The molecule has 0 aromatic heterocycles. The van der Waals surface area contributed by atoms with E-state index in [0.29, 0.717) is 19.3 Å². The number of aliphatic hydroxyl groups excluding tert-OH is 5. The van der Waals surface area contributed by atoms with E-state index in [-0.39, 0.29) is 6.42 Å². The third-order valence-corrected chi connectivity index (χ3v) is 14.7. The van der Waals surface area contributed by atoms with Crippen molar-refractivity contribution in [3.05, 3.63) is 0 Å². The lowest BCUT2D eigenvalue weighted by molar-refractivity contribution is -0.298. The van der Waals surface area contributed by atoms with Crippen molar-refractivity contribution in [3.8, 4) is 0 Å². The molecule has 0 aromatic carbocycles. The summed E-state index contributed by atoms with van der Waals surface area (Å²) in [6.45, 7) is 3.34. The minimum Gasteiger partial charge on any atom is -0.394 e. The van der Waals surface area contributed by atoms with Crippen LogP contribution in [0.5, 0.6) is 0 Å². The molecule has 1 heterocycles. The number of carbonyl (C=O) groups excluding carboxylic acids is 1. The Balaban J connectivity index is 2.40. The molecule has 0 spiro atoms. The molecule has 412 valence electrons. The highest BCUT2D eigenvalue weighted by molar-refractivity contribution is 7.80. The van der Waals surface area contributed by atoms with Crippen molar-refractivity contribution in [1.29, 1.82) is 0 Å². The lowest BCUT2D eigenvalue weighted by Gasteiger charge is -2.41. The van der Waals surface area contributed by atoms with Crippen molar-refractivity contribution in [2.45, 2.75) is 332 Å². The molecule has 1 amide bonds. The number of aliphatic hydroxyl groups is 5. The molecule has 0 aliphatic carbocycles. The van der Waals surface area contributed by atoms with Crippen LogP contribution in [-0.2, 0) is 28.9 Å². The fourth-order valence-corrected chi connectivity index (χ4v) is 10.2. The van der Waals surface area contributed by atoms with Crippen LogP contribution in [0.4, 0.5) is 0 Å². The van der Waals surface area contributed by atoms with Crippen LogP contribution < -0.4 is 5.32 Å². The molecule has 0 radical (unpaired) electrons. The van der Waals surface area contributed by atoms with Crippen molar-refractivity contribution in [2.75, 3.05) is 13.2 Å².